The first-order chi connectivity index (χ1) is 7.11. The van der Waals surface area contributed by atoms with Crippen molar-refractivity contribution in [1.82, 2.24) is 0 Å². The van der Waals surface area contributed by atoms with Crippen molar-refractivity contribution in [2.75, 3.05) is 6.61 Å². The minimum Gasteiger partial charge on any atom is -0.466 e. The van der Waals surface area contributed by atoms with Gasteiger partial charge >= 0.3 is 5.97 Å². The fourth-order valence-electron chi connectivity index (χ4n) is 1.22. The molecule has 0 spiro atoms. The molecule has 1 atom stereocenters. The molecule has 0 fully saturated rings. The lowest BCUT2D eigenvalue weighted by Crippen LogP contribution is -2.17. The van der Waals surface area contributed by atoms with Crippen LogP contribution >= 0.6 is 0 Å². The maximum absolute atomic E-state index is 11.1. The van der Waals surface area contributed by atoms with Gasteiger partial charge in [-0.1, -0.05) is 27.2 Å². The average molecular weight is 216 g/mol. The lowest BCUT2D eigenvalue weighted by Gasteiger charge is -2.10. The highest BCUT2D eigenvalue weighted by molar-refractivity contribution is 5.83. The van der Waals surface area contributed by atoms with Gasteiger partial charge in [0.15, 0.2) is 0 Å². The molecule has 0 rings (SSSR count). The highest BCUT2D eigenvalue weighted by atomic mass is 16.5. The van der Waals surface area contributed by atoms with Crippen molar-refractivity contribution in [2.45, 2.75) is 53.9 Å². The van der Waals surface area contributed by atoms with Crippen molar-refractivity contribution in [1.29, 1.82) is 0 Å². The van der Waals surface area contributed by atoms with Crippen molar-refractivity contribution in [3.63, 3.8) is 0 Å². The number of carbonyl (C=O) groups is 2. The van der Waals surface area contributed by atoms with Gasteiger partial charge in [0.2, 0.25) is 0 Å². The van der Waals surface area contributed by atoms with Crippen LogP contribution in [0.15, 0.2) is 0 Å². The Bertz CT molecular complexity index is 176. The van der Waals surface area contributed by atoms with E-state index in [9.17, 15) is 9.59 Å². The Balaban J connectivity index is 0. The lowest BCUT2D eigenvalue weighted by atomic mass is 9.96. The topological polar surface area (TPSA) is 43.4 Å². The van der Waals surface area contributed by atoms with Crippen LogP contribution in [0.1, 0.15) is 53.9 Å². The number of esters is 1. The highest BCUT2D eigenvalue weighted by Crippen LogP contribution is 2.13. The monoisotopic (exact) mass is 216 g/mol. The molecule has 0 aromatic heterocycles. The summed E-state index contributed by atoms with van der Waals surface area (Å²) in [7, 11) is 0. The van der Waals surface area contributed by atoms with Crippen molar-refractivity contribution in [3.8, 4) is 0 Å². The Kier molecular flexibility index (Phi) is 12.4. The van der Waals surface area contributed by atoms with E-state index in [4.69, 9.17) is 4.74 Å². The SMILES string of the molecule is CC.CCCC(CC(=O)OCC)C(C)=O. The third kappa shape index (κ3) is 9.44. The van der Waals surface area contributed by atoms with Crippen LogP contribution in [0, 0.1) is 5.92 Å². The normalized spacial score (nSPS) is 11.0. The van der Waals surface area contributed by atoms with Gasteiger partial charge in [0, 0.05) is 5.92 Å². The Morgan fingerprint density at radius 2 is 1.73 bits per heavy atom. The van der Waals surface area contributed by atoms with Gasteiger partial charge in [0.25, 0.3) is 0 Å². The molecule has 90 valence electrons. The number of ketones is 1. The molecule has 1 unspecified atom stereocenters. The van der Waals surface area contributed by atoms with Crippen molar-refractivity contribution < 1.29 is 14.3 Å². The molecule has 0 saturated carbocycles. The molecule has 0 heterocycles. The van der Waals surface area contributed by atoms with Gasteiger partial charge in [-0.2, -0.15) is 0 Å². The van der Waals surface area contributed by atoms with E-state index < -0.39 is 0 Å². The summed E-state index contributed by atoms with van der Waals surface area (Å²) in [4.78, 5) is 22.1. The molecule has 0 amide bonds. The molecule has 0 radical (unpaired) electrons. The van der Waals surface area contributed by atoms with Gasteiger partial charge in [-0.3, -0.25) is 9.59 Å². The number of hydrogen-bond acceptors (Lipinski definition) is 3. The van der Waals surface area contributed by atoms with E-state index in [0.717, 1.165) is 12.8 Å². The molecule has 0 N–H and O–H groups in total. The van der Waals surface area contributed by atoms with E-state index >= 15 is 0 Å². The minimum absolute atomic E-state index is 0.0786. The van der Waals surface area contributed by atoms with Crippen LogP contribution < -0.4 is 0 Å². The van der Waals surface area contributed by atoms with Crippen LogP contribution in [0.2, 0.25) is 0 Å². The number of rotatable bonds is 6. The van der Waals surface area contributed by atoms with E-state index in [1.807, 2.05) is 20.8 Å². The van der Waals surface area contributed by atoms with Crippen molar-refractivity contribution >= 4 is 11.8 Å². The van der Waals surface area contributed by atoms with E-state index in [-0.39, 0.29) is 24.1 Å². The van der Waals surface area contributed by atoms with Gasteiger partial charge in [-0.15, -0.1) is 0 Å². The number of ether oxygens (including phenoxy) is 1. The van der Waals surface area contributed by atoms with E-state index in [1.165, 1.54) is 6.92 Å². The summed E-state index contributed by atoms with van der Waals surface area (Å²) in [5, 5.41) is 0. The molecule has 0 aromatic rings. The zero-order chi connectivity index (χ0) is 12.3. The molecule has 0 saturated heterocycles. The maximum Gasteiger partial charge on any atom is 0.306 e. The first-order valence-electron chi connectivity index (χ1n) is 5.77. The van der Waals surface area contributed by atoms with Crippen LogP contribution in [0.4, 0.5) is 0 Å². The molecular weight excluding hydrogens is 192 g/mol. The molecule has 0 aliphatic carbocycles. The summed E-state index contributed by atoms with van der Waals surface area (Å²) in [6.45, 7) is 9.68. The highest BCUT2D eigenvalue weighted by Gasteiger charge is 2.17. The molecule has 0 aliphatic rings. The minimum atomic E-state index is -0.267. The number of Topliss-reactive ketones (excluding diaryl/α,β-unsaturated/α-hetero) is 1. The zero-order valence-corrected chi connectivity index (χ0v) is 10.6. The van der Waals surface area contributed by atoms with E-state index in [1.54, 1.807) is 6.92 Å². The standard InChI is InChI=1S/C10H18O3.C2H6/c1-4-6-9(8(3)11)7-10(12)13-5-2;1-2/h9H,4-7H2,1-3H3;1-2H3. The first-order valence-corrected chi connectivity index (χ1v) is 5.77. The van der Waals surface area contributed by atoms with Gasteiger partial charge in [-0.05, 0) is 20.3 Å². The summed E-state index contributed by atoms with van der Waals surface area (Å²) < 4.78 is 4.78. The lowest BCUT2D eigenvalue weighted by molar-refractivity contribution is -0.146. The number of hydrogen-bond donors (Lipinski definition) is 0. The number of carbonyl (C=O) groups excluding carboxylic acids is 2. The second-order valence-electron chi connectivity index (χ2n) is 3.11. The molecule has 3 nitrogen and oxygen atoms in total. The van der Waals surface area contributed by atoms with Gasteiger partial charge in [0.05, 0.1) is 13.0 Å². The predicted molar refractivity (Wildman–Crippen MR) is 61.7 cm³/mol. The van der Waals surface area contributed by atoms with E-state index in [0.29, 0.717) is 6.61 Å². The summed E-state index contributed by atoms with van der Waals surface area (Å²) in [5.41, 5.74) is 0. The summed E-state index contributed by atoms with van der Waals surface area (Å²) >= 11 is 0. The van der Waals surface area contributed by atoms with Gasteiger partial charge in [-0.25, -0.2) is 0 Å². The Hall–Kier alpha value is -0.860. The maximum atomic E-state index is 11.1. The van der Waals surface area contributed by atoms with E-state index in [2.05, 4.69) is 0 Å². The van der Waals surface area contributed by atoms with Crippen LogP contribution in [-0.2, 0) is 14.3 Å². The Morgan fingerprint density at radius 3 is 2.07 bits per heavy atom. The summed E-state index contributed by atoms with van der Waals surface area (Å²) in [6.07, 6.45) is 1.93. The van der Waals surface area contributed by atoms with Crippen LogP contribution in [0.25, 0.3) is 0 Å². The molecular formula is C12H24O3. The quantitative estimate of drug-likeness (QED) is 0.641. The second kappa shape index (κ2) is 11.2. The molecule has 0 bridgehead atoms. The first kappa shape index (κ1) is 16.6. The second-order valence-corrected chi connectivity index (χ2v) is 3.11. The van der Waals surface area contributed by atoms with Crippen molar-refractivity contribution in [3.05, 3.63) is 0 Å². The van der Waals surface area contributed by atoms with Crippen molar-refractivity contribution in [2.24, 2.45) is 5.92 Å². The zero-order valence-electron chi connectivity index (χ0n) is 10.6. The largest absolute Gasteiger partial charge is 0.466 e. The fraction of sp³-hybridized carbons (Fsp3) is 0.833. The predicted octanol–water partition coefficient (Wildman–Crippen LogP) is 2.97. The molecule has 0 aromatic carbocycles. The summed E-state index contributed by atoms with van der Waals surface area (Å²) in [6, 6.07) is 0. The molecule has 0 aliphatic heterocycles. The van der Waals surface area contributed by atoms with Crippen LogP contribution in [-0.4, -0.2) is 18.4 Å². The average Bonchev–Trinajstić information content (AvgIpc) is 2.20. The summed E-state index contributed by atoms with van der Waals surface area (Å²) in [5.74, 6) is -0.338. The Morgan fingerprint density at radius 1 is 1.20 bits per heavy atom. The Labute approximate surface area is 93.2 Å². The fourth-order valence-corrected chi connectivity index (χ4v) is 1.22. The molecule has 15 heavy (non-hydrogen) atoms. The smallest absolute Gasteiger partial charge is 0.306 e. The van der Waals surface area contributed by atoms with Gasteiger partial charge in [0.1, 0.15) is 5.78 Å². The third-order valence-electron chi connectivity index (χ3n) is 1.93. The van der Waals surface area contributed by atoms with Crippen LogP contribution in [0.3, 0.4) is 0 Å². The van der Waals surface area contributed by atoms with Gasteiger partial charge < -0.3 is 4.74 Å². The van der Waals surface area contributed by atoms with Crippen LogP contribution in [0.5, 0.6) is 0 Å². The third-order valence-corrected chi connectivity index (χ3v) is 1.93. The molecule has 3 heteroatoms.